The summed E-state index contributed by atoms with van der Waals surface area (Å²) in [6.07, 6.45) is 0.785. The van der Waals surface area contributed by atoms with Gasteiger partial charge in [0, 0.05) is 5.56 Å². The topological polar surface area (TPSA) is 53.8 Å². The van der Waals surface area contributed by atoms with Crippen LogP contribution in [0.1, 0.15) is 20.8 Å². The van der Waals surface area contributed by atoms with Gasteiger partial charge >= 0.3 is 0 Å². The first kappa shape index (κ1) is 14.2. The number of nitrogens with zero attached hydrogens (tertiary/aromatic N) is 2. The van der Waals surface area contributed by atoms with Crippen LogP contribution >= 0.6 is 11.5 Å². The van der Waals surface area contributed by atoms with Crippen LogP contribution in [0.15, 0.2) is 48.5 Å². The zero-order chi connectivity index (χ0) is 15.5. The second-order valence-electron chi connectivity index (χ2n) is 4.97. The molecule has 3 nitrogen and oxygen atoms in total. The fraction of sp³-hybridized carbons (Fsp3) is 0.0556. The van der Waals surface area contributed by atoms with E-state index in [1.165, 1.54) is 0 Å². The van der Waals surface area contributed by atoms with Gasteiger partial charge in [-0.2, -0.15) is 9.64 Å². The molecule has 2 aromatic carbocycles. The van der Waals surface area contributed by atoms with Crippen LogP contribution in [-0.4, -0.2) is 10.7 Å². The lowest BCUT2D eigenvalue weighted by atomic mass is 9.96. The summed E-state index contributed by atoms with van der Waals surface area (Å²) in [5.74, 6) is 0. The Labute approximate surface area is 132 Å². The Kier molecular flexibility index (Phi) is 3.82. The van der Waals surface area contributed by atoms with Gasteiger partial charge in [0.1, 0.15) is 0 Å². The van der Waals surface area contributed by atoms with E-state index in [9.17, 15) is 10.1 Å². The molecule has 4 heteroatoms. The highest BCUT2D eigenvalue weighted by Gasteiger charge is 2.10. The maximum Gasteiger partial charge on any atom is 0.161 e. The van der Waals surface area contributed by atoms with Gasteiger partial charge in [0.25, 0.3) is 0 Å². The molecule has 22 heavy (non-hydrogen) atoms. The summed E-state index contributed by atoms with van der Waals surface area (Å²) < 4.78 is 4.25. The van der Waals surface area contributed by atoms with Gasteiger partial charge in [-0.25, -0.2) is 0 Å². The van der Waals surface area contributed by atoms with Crippen molar-refractivity contribution in [3.05, 3.63) is 64.5 Å². The molecule has 0 saturated heterocycles. The predicted molar refractivity (Wildman–Crippen MR) is 87.8 cm³/mol. The lowest BCUT2D eigenvalue weighted by Gasteiger charge is -2.07. The minimum atomic E-state index is 0.580. The molecule has 0 unspecified atom stereocenters. The first-order chi connectivity index (χ1) is 10.7. The molecule has 0 atom stereocenters. The molecule has 1 aromatic heterocycles. The zero-order valence-electron chi connectivity index (χ0n) is 11.9. The Balaban J connectivity index is 2.08. The Morgan fingerprint density at radius 3 is 2.68 bits per heavy atom. The SMILES string of the molecule is Cc1cccc(-c2ccc(-c3cc(C=O)sn3)cc2C#N)c1. The minimum absolute atomic E-state index is 0.580. The highest BCUT2D eigenvalue weighted by Crippen LogP contribution is 2.29. The number of carbonyl (C=O) groups excluding carboxylic acids is 1. The summed E-state index contributed by atoms with van der Waals surface area (Å²) in [6, 6.07) is 17.7. The van der Waals surface area contributed by atoms with E-state index in [4.69, 9.17) is 0 Å². The Morgan fingerprint density at radius 1 is 1.14 bits per heavy atom. The normalized spacial score (nSPS) is 10.2. The third kappa shape index (κ3) is 2.67. The van der Waals surface area contributed by atoms with Crippen molar-refractivity contribution < 1.29 is 4.79 Å². The summed E-state index contributed by atoms with van der Waals surface area (Å²) in [7, 11) is 0. The molecule has 0 aliphatic carbocycles. The third-order valence-electron chi connectivity index (χ3n) is 3.41. The summed E-state index contributed by atoms with van der Waals surface area (Å²) >= 11 is 1.16. The number of nitriles is 1. The summed E-state index contributed by atoms with van der Waals surface area (Å²) in [4.78, 5) is 11.3. The molecule has 0 aliphatic heterocycles. The fourth-order valence-corrected chi connectivity index (χ4v) is 2.91. The molecule has 0 saturated carbocycles. The lowest BCUT2D eigenvalue weighted by Crippen LogP contribution is -1.87. The van der Waals surface area contributed by atoms with E-state index in [2.05, 4.69) is 16.5 Å². The molecular formula is C18H12N2OS. The van der Waals surface area contributed by atoms with Crippen molar-refractivity contribution in [1.82, 2.24) is 4.37 Å². The number of rotatable bonds is 3. The van der Waals surface area contributed by atoms with Crippen LogP contribution in [-0.2, 0) is 0 Å². The summed E-state index contributed by atoms with van der Waals surface area (Å²) in [6.45, 7) is 2.03. The lowest BCUT2D eigenvalue weighted by molar-refractivity contribution is 0.112. The van der Waals surface area contributed by atoms with Crippen LogP contribution in [0, 0.1) is 18.3 Å². The first-order valence-electron chi connectivity index (χ1n) is 6.75. The molecule has 3 aromatic rings. The maximum atomic E-state index is 10.8. The van der Waals surface area contributed by atoms with Crippen LogP contribution in [0.4, 0.5) is 0 Å². The summed E-state index contributed by atoms with van der Waals surface area (Å²) in [5, 5.41) is 9.45. The standard InChI is InChI=1S/C18H12N2OS/c1-12-3-2-4-13(7-12)17-6-5-14(8-15(17)10-19)18-9-16(11-21)22-20-18/h2-9,11H,1H3. The smallest absolute Gasteiger partial charge is 0.161 e. The maximum absolute atomic E-state index is 10.8. The Bertz CT molecular complexity index is 890. The number of benzene rings is 2. The van der Waals surface area contributed by atoms with E-state index in [0.29, 0.717) is 10.4 Å². The van der Waals surface area contributed by atoms with E-state index in [0.717, 1.165) is 45.8 Å². The highest BCUT2D eigenvalue weighted by atomic mass is 32.1. The third-order valence-corrected chi connectivity index (χ3v) is 4.12. The average molecular weight is 304 g/mol. The van der Waals surface area contributed by atoms with Crippen molar-refractivity contribution >= 4 is 17.8 Å². The molecule has 0 N–H and O–H groups in total. The van der Waals surface area contributed by atoms with E-state index < -0.39 is 0 Å². The Morgan fingerprint density at radius 2 is 2.00 bits per heavy atom. The van der Waals surface area contributed by atoms with Gasteiger partial charge in [0.05, 0.1) is 22.2 Å². The van der Waals surface area contributed by atoms with Crippen LogP contribution < -0.4 is 0 Å². The van der Waals surface area contributed by atoms with Gasteiger partial charge in [-0.1, -0.05) is 42.0 Å². The number of hydrogen-bond donors (Lipinski definition) is 0. The van der Waals surface area contributed by atoms with E-state index in [1.54, 1.807) is 6.07 Å². The molecule has 0 radical (unpaired) electrons. The quantitative estimate of drug-likeness (QED) is 0.671. The number of carbonyl (C=O) groups is 1. The monoisotopic (exact) mass is 304 g/mol. The van der Waals surface area contributed by atoms with Crippen LogP contribution in [0.2, 0.25) is 0 Å². The molecule has 3 rings (SSSR count). The van der Waals surface area contributed by atoms with Gasteiger partial charge in [-0.15, -0.1) is 0 Å². The van der Waals surface area contributed by atoms with Crippen LogP contribution in [0.25, 0.3) is 22.4 Å². The van der Waals surface area contributed by atoms with Gasteiger partial charge in [0.2, 0.25) is 0 Å². The molecule has 0 fully saturated rings. The largest absolute Gasteiger partial charge is 0.297 e. The van der Waals surface area contributed by atoms with Gasteiger partial charge in [0.15, 0.2) is 6.29 Å². The molecule has 1 heterocycles. The first-order valence-corrected chi connectivity index (χ1v) is 7.52. The molecular weight excluding hydrogens is 292 g/mol. The number of hydrogen-bond acceptors (Lipinski definition) is 4. The molecule has 0 amide bonds. The fourth-order valence-electron chi connectivity index (χ4n) is 2.34. The van der Waals surface area contributed by atoms with Gasteiger partial charge in [-0.3, -0.25) is 4.79 Å². The van der Waals surface area contributed by atoms with Gasteiger partial charge in [-0.05, 0) is 41.7 Å². The van der Waals surface area contributed by atoms with E-state index >= 15 is 0 Å². The van der Waals surface area contributed by atoms with Crippen molar-refractivity contribution in [2.24, 2.45) is 0 Å². The molecule has 0 aliphatic rings. The zero-order valence-corrected chi connectivity index (χ0v) is 12.7. The molecule has 0 spiro atoms. The molecule has 106 valence electrons. The van der Waals surface area contributed by atoms with Crippen molar-refractivity contribution in [2.75, 3.05) is 0 Å². The van der Waals surface area contributed by atoms with E-state index in [1.807, 2.05) is 43.3 Å². The number of aldehydes is 1. The molecule has 0 bridgehead atoms. The van der Waals surface area contributed by atoms with Crippen molar-refractivity contribution in [2.45, 2.75) is 6.92 Å². The minimum Gasteiger partial charge on any atom is -0.297 e. The predicted octanol–water partition coefficient (Wildman–Crippen LogP) is 4.47. The highest BCUT2D eigenvalue weighted by molar-refractivity contribution is 7.07. The summed E-state index contributed by atoms with van der Waals surface area (Å²) in [5.41, 5.74) is 5.25. The Hall–Kier alpha value is -2.77. The van der Waals surface area contributed by atoms with E-state index in [-0.39, 0.29) is 0 Å². The number of aromatic nitrogens is 1. The average Bonchev–Trinajstić information content (AvgIpc) is 3.03. The van der Waals surface area contributed by atoms with Crippen molar-refractivity contribution in [3.8, 4) is 28.5 Å². The van der Waals surface area contributed by atoms with Crippen LogP contribution in [0.3, 0.4) is 0 Å². The van der Waals surface area contributed by atoms with Crippen molar-refractivity contribution in [1.29, 1.82) is 5.26 Å². The van der Waals surface area contributed by atoms with Crippen molar-refractivity contribution in [3.63, 3.8) is 0 Å². The van der Waals surface area contributed by atoms with Crippen LogP contribution in [0.5, 0.6) is 0 Å². The van der Waals surface area contributed by atoms with Gasteiger partial charge < -0.3 is 0 Å². The second kappa shape index (κ2) is 5.92. The number of aryl methyl sites for hydroxylation is 1. The second-order valence-corrected chi connectivity index (χ2v) is 5.81.